The Bertz CT molecular complexity index is 1300. The van der Waals surface area contributed by atoms with Crippen LogP contribution in [0.15, 0.2) is 59.4 Å². The van der Waals surface area contributed by atoms with Crippen LogP contribution < -0.4 is 10.2 Å². The van der Waals surface area contributed by atoms with Gasteiger partial charge in [-0.2, -0.15) is 5.10 Å². The second kappa shape index (κ2) is 10.5. The summed E-state index contributed by atoms with van der Waals surface area (Å²) in [4.78, 5) is 39.1. The number of hydrogen-bond donors (Lipinski definition) is 0. The minimum atomic E-state index is -0.580. The molecule has 2 heterocycles. The van der Waals surface area contributed by atoms with Crippen LogP contribution in [0.3, 0.4) is 0 Å². The highest BCUT2D eigenvalue weighted by Gasteiger charge is 2.28. The zero-order chi connectivity index (χ0) is 24.9. The highest BCUT2D eigenvalue weighted by molar-refractivity contribution is 5.92. The van der Waals surface area contributed by atoms with Crippen LogP contribution in [-0.4, -0.2) is 51.9 Å². The number of hydrogen-bond acceptors (Lipinski definition) is 7. The van der Waals surface area contributed by atoms with Crippen LogP contribution in [0.5, 0.6) is 5.75 Å². The van der Waals surface area contributed by atoms with Crippen molar-refractivity contribution in [1.29, 1.82) is 0 Å². The number of rotatable bonds is 8. The van der Waals surface area contributed by atoms with Gasteiger partial charge >= 0.3 is 0 Å². The number of para-hydroxylation sites is 3. The van der Waals surface area contributed by atoms with Crippen LogP contribution in [0.1, 0.15) is 34.6 Å². The lowest BCUT2D eigenvalue weighted by molar-refractivity contribution is -0.384. The lowest BCUT2D eigenvalue weighted by Crippen LogP contribution is -2.40. The predicted molar refractivity (Wildman–Crippen MR) is 128 cm³/mol. The molecule has 0 radical (unpaired) electrons. The number of aromatic nitrogens is 2. The Morgan fingerprint density at radius 3 is 2.71 bits per heavy atom. The van der Waals surface area contributed by atoms with Crippen molar-refractivity contribution in [3.63, 3.8) is 0 Å². The van der Waals surface area contributed by atoms with Crippen LogP contribution >= 0.6 is 0 Å². The maximum atomic E-state index is 13.7. The largest absolute Gasteiger partial charge is 0.496 e. The molecule has 0 saturated carbocycles. The summed E-state index contributed by atoms with van der Waals surface area (Å²) >= 11 is 0. The van der Waals surface area contributed by atoms with Crippen molar-refractivity contribution < 1.29 is 19.2 Å². The van der Waals surface area contributed by atoms with Crippen molar-refractivity contribution in [2.24, 2.45) is 0 Å². The van der Waals surface area contributed by atoms with E-state index in [0.29, 0.717) is 18.1 Å². The Balaban J connectivity index is 1.75. The van der Waals surface area contributed by atoms with E-state index in [2.05, 4.69) is 5.10 Å². The van der Waals surface area contributed by atoms with Gasteiger partial charge in [-0.25, -0.2) is 4.68 Å². The maximum absolute atomic E-state index is 13.7. The van der Waals surface area contributed by atoms with Gasteiger partial charge in [0.15, 0.2) is 5.69 Å². The molecule has 1 aliphatic heterocycles. The fourth-order valence-corrected chi connectivity index (χ4v) is 4.18. The third kappa shape index (κ3) is 5.22. The SMILES string of the molecule is COc1ccccc1CN(CC1CCCO1)C(=O)c1nn(-c2ccccc2[N+](=O)[O-])c(C)cc1=O. The average Bonchev–Trinajstić information content (AvgIpc) is 3.37. The fourth-order valence-electron chi connectivity index (χ4n) is 4.18. The van der Waals surface area contributed by atoms with Gasteiger partial charge in [0.25, 0.3) is 11.6 Å². The molecule has 1 aromatic heterocycles. The van der Waals surface area contributed by atoms with Crippen molar-refractivity contribution in [2.75, 3.05) is 20.3 Å². The molecule has 3 aromatic rings. The summed E-state index contributed by atoms with van der Waals surface area (Å²) in [6, 6.07) is 14.6. The molecule has 0 bridgehead atoms. The van der Waals surface area contributed by atoms with Crippen LogP contribution in [0.25, 0.3) is 5.69 Å². The Morgan fingerprint density at radius 2 is 2.00 bits per heavy atom. The van der Waals surface area contributed by atoms with Gasteiger partial charge in [0.1, 0.15) is 11.4 Å². The molecule has 1 fully saturated rings. The summed E-state index contributed by atoms with van der Waals surface area (Å²) in [5.74, 6) is 0.0376. The highest BCUT2D eigenvalue weighted by Crippen LogP contribution is 2.24. The van der Waals surface area contributed by atoms with E-state index in [1.54, 1.807) is 32.2 Å². The summed E-state index contributed by atoms with van der Waals surface area (Å²) in [5, 5.41) is 15.9. The zero-order valence-electron chi connectivity index (χ0n) is 19.5. The van der Waals surface area contributed by atoms with E-state index in [4.69, 9.17) is 9.47 Å². The number of amides is 1. The first-order chi connectivity index (χ1) is 16.9. The summed E-state index contributed by atoms with van der Waals surface area (Å²) in [6.07, 6.45) is 1.54. The molecular formula is C25H26N4O6. The summed E-state index contributed by atoms with van der Waals surface area (Å²) in [5.41, 5.74) is 0.250. The van der Waals surface area contributed by atoms with Gasteiger partial charge in [0.05, 0.1) is 18.1 Å². The Morgan fingerprint density at radius 1 is 1.26 bits per heavy atom. The molecule has 1 unspecified atom stereocenters. The molecule has 4 rings (SSSR count). The minimum absolute atomic E-state index is 0.156. The van der Waals surface area contributed by atoms with Crippen molar-refractivity contribution in [1.82, 2.24) is 14.7 Å². The van der Waals surface area contributed by atoms with Gasteiger partial charge in [0.2, 0.25) is 5.43 Å². The second-order valence-electron chi connectivity index (χ2n) is 8.29. The first-order valence-corrected chi connectivity index (χ1v) is 11.3. The van der Waals surface area contributed by atoms with E-state index >= 15 is 0 Å². The van der Waals surface area contributed by atoms with E-state index in [-0.39, 0.29) is 36.3 Å². The van der Waals surface area contributed by atoms with Gasteiger partial charge in [-0.05, 0) is 31.9 Å². The first kappa shape index (κ1) is 24.1. The molecule has 1 saturated heterocycles. The molecule has 10 nitrogen and oxygen atoms in total. The van der Waals surface area contributed by atoms with Gasteiger partial charge in [-0.1, -0.05) is 30.3 Å². The molecule has 0 aliphatic carbocycles. The summed E-state index contributed by atoms with van der Waals surface area (Å²) in [7, 11) is 1.55. The maximum Gasteiger partial charge on any atom is 0.294 e. The molecule has 0 spiro atoms. The summed E-state index contributed by atoms with van der Waals surface area (Å²) in [6.45, 7) is 2.69. The van der Waals surface area contributed by atoms with E-state index in [1.165, 1.54) is 27.8 Å². The normalized spacial score (nSPS) is 15.1. The lowest BCUT2D eigenvalue weighted by Gasteiger charge is -2.26. The van der Waals surface area contributed by atoms with E-state index in [9.17, 15) is 19.7 Å². The Labute approximate surface area is 201 Å². The third-order valence-corrected chi connectivity index (χ3v) is 5.91. The third-order valence-electron chi connectivity index (χ3n) is 5.91. The molecule has 1 atom stereocenters. The number of benzene rings is 2. The number of aryl methyl sites for hydroxylation is 1. The Kier molecular flexibility index (Phi) is 7.21. The smallest absolute Gasteiger partial charge is 0.294 e. The fraction of sp³-hybridized carbons (Fsp3) is 0.320. The van der Waals surface area contributed by atoms with E-state index < -0.39 is 16.3 Å². The van der Waals surface area contributed by atoms with E-state index in [1.807, 2.05) is 18.2 Å². The number of nitro benzene ring substituents is 1. The topological polar surface area (TPSA) is 117 Å². The molecule has 2 aromatic carbocycles. The van der Waals surface area contributed by atoms with Crippen molar-refractivity contribution in [2.45, 2.75) is 32.4 Å². The van der Waals surface area contributed by atoms with Crippen molar-refractivity contribution in [3.05, 3.63) is 91.9 Å². The van der Waals surface area contributed by atoms with Crippen LogP contribution in [0.4, 0.5) is 5.69 Å². The van der Waals surface area contributed by atoms with Crippen LogP contribution in [0.2, 0.25) is 0 Å². The van der Waals surface area contributed by atoms with Crippen LogP contribution in [0, 0.1) is 17.0 Å². The van der Waals surface area contributed by atoms with Crippen molar-refractivity contribution >= 4 is 11.6 Å². The lowest BCUT2D eigenvalue weighted by atomic mass is 10.1. The Hall–Kier alpha value is -4.05. The number of methoxy groups -OCH3 is 1. The van der Waals surface area contributed by atoms with Gasteiger partial charge in [-0.15, -0.1) is 0 Å². The molecule has 35 heavy (non-hydrogen) atoms. The molecular weight excluding hydrogens is 452 g/mol. The first-order valence-electron chi connectivity index (χ1n) is 11.3. The zero-order valence-corrected chi connectivity index (χ0v) is 19.5. The molecule has 182 valence electrons. The number of ether oxygens (including phenoxy) is 2. The minimum Gasteiger partial charge on any atom is -0.496 e. The van der Waals surface area contributed by atoms with Crippen LogP contribution in [-0.2, 0) is 11.3 Å². The number of carbonyl (C=O) groups excluding carboxylic acids is 1. The summed E-state index contributed by atoms with van der Waals surface area (Å²) < 4.78 is 12.4. The quantitative estimate of drug-likeness (QED) is 0.360. The number of nitrogens with zero attached hydrogens (tertiary/aromatic N) is 4. The predicted octanol–water partition coefficient (Wildman–Crippen LogP) is 3.28. The van der Waals surface area contributed by atoms with Gasteiger partial charge < -0.3 is 14.4 Å². The van der Waals surface area contributed by atoms with E-state index in [0.717, 1.165) is 18.4 Å². The molecule has 0 N–H and O–H groups in total. The number of carbonyl (C=O) groups is 1. The highest BCUT2D eigenvalue weighted by atomic mass is 16.6. The number of nitro groups is 1. The average molecular weight is 479 g/mol. The molecule has 10 heteroatoms. The van der Waals surface area contributed by atoms with Crippen molar-refractivity contribution in [3.8, 4) is 11.4 Å². The second-order valence-corrected chi connectivity index (χ2v) is 8.29. The standard InChI is InChI=1S/C25H26N4O6/c1-17-14-22(30)24(26-28(17)20-10-4-5-11-21(20)29(32)33)25(31)27(16-19-9-7-13-35-19)15-18-8-3-6-12-23(18)34-2/h3-6,8,10-12,14,19H,7,9,13,15-16H2,1-2H3. The molecule has 1 amide bonds. The monoisotopic (exact) mass is 478 g/mol. The molecule has 1 aliphatic rings. The van der Waals surface area contributed by atoms with Gasteiger partial charge in [0, 0.05) is 43.1 Å². The van der Waals surface area contributed by atoms with Gasteiger partial charge in [-0.3, -0.25) is 19.7 Å².